The number of hydrogen-bond acceptors (Lipinski definition) is 7. The number of aromatic amines is 1. The molecule has 0 spiro atoms. The fourth-order valence-electron chi connectivity index (χ4n) is 3.58. The molecule has 33 heavy (non-hydrogen) atoms. The minimum atomic E-state index is -0.609. The number of hydrogen-bond donors (Lipinski definition) is 4. The van der Waals surface area contributed by atoms with Gasteiger partial charge in [0.25, 0.3) is 11.8 Å². The Morgan fingerprint density at radius 3 is 2.61 bits per heavy atom. The van der Waals surface area contributed by atoms with E-state index < -0.39 is 5.41 Å². The molecule has 10 heteroatoms. The van der Waals surface area contributed by atoms with E-state index in [4.69, 9.17) is 0 Å². The number of aliphatic hydroxyl groups excluding tert-OH is 2. The van der Waals surface area contributed by atoms with Crippen LogP contribution in [0, 0.1) is 10.8 Å². The number of fused-ring (bicyclic) bond motifs is 1. The molecule has 1 aliphatic heterocycles. The molecule has 1 saturated heterocycles. The molecular weight excluding hydrogens is 442 g/mol. The Morgan fingerprint density at radius 1 is 1.27 bits per heavy atom. The van der Waals surface area contributed by atoms with E-state index in [0.717, 1.165) is 4.88 Å². The Kier molecular flexibility index (Phi) is 6.02. The molecule has 0 aliphatic carbocycles. The summed E-state index contributed by atoms with van der Waals surface area (Å²) in [5.41, 5.74) is 1.31. The van der Waals surface area contributed by atoms with E-state index in [2.05, 4.69) is 41.0 Å². The first kappa shape index (κ1) is 23.3. The minimum absolute atomic E-state index is 0.0335. The van der Waals surface area contributed by atoms with E-state index in [1.807, 2.05) is 13.0 Å². The molecule has 4 rings (SSSR count). The van der Waals surface area contributed by atoms with Crippen LogP contribution in [-0.4, -0.2) is 74.2 Å². The number of aliphatic hydroxyl groups is 2. The van der Waals surface area contributed by atoms with Crippen LogP contribution in [0.2, 0.25) is 0 Å². The van der Waals surface area contributed by atoms with Gasteiger partial charge in [-0.2, -0.15) is 0 Å². The molecule has 0 saturated carbocycles. The zero-order chi connectivity index (χ0) is 24.0. The van der Waals surface area contributed by atoms with Crippen LogP contribution in [0.25, 0.3) is 21.7 Å². The van der Waals surface area contributed by atoms with Crippen molar-refractivity contribution in [3.63, 3.8) is 0 Å². The molecule has 0 bridgehead atoms. The van der Waals surface area contributed by atoms with E-state index in [0.29, 0.717) is 40.4 Å². The summed E-state index contributed by atoms with van der Waals surface area (Å²) in [4.78, 5) is 40.6. The van der Waals surface area contributed by atoms with Gasteiger partial charge in [0.15, 0.2) is 5.65 Å². The van der Waals surface area contributed by atoms with Crippen molar-refractivity contribution in [3.8, 4) is 10.6 Å². The largest absolute Gasteiger partial charge is 0.396 e. The monoisotopic (exact) mass is 471 g/mol. The second kappa shape index (κ2) is 8.51. The highest BCUT2D eigenvalue weighted by Gasteiger charge is 2.44. The third kappa shape index (κ3) is 4.38. The highest BCUT2D eigenvalue weighted by Crippen LogP contribution is 2.34. The number of nitrogens with one attached hydrogen (secondary N) is 2. The number of aromatic nitrogens is 3. The van der Waals surface area contributed by atoms with Gasteiger partial charge in [0.2, 0.25) is 0 Å². The van der Waals surface area contributed by atoms with E-state index in [1.54, 1.807) is 23.4 Å². The lowest BCUT2D eigenvalue weighted by atomic mass is 9.81. The zero-order valence-electron chi connectivity index (χ0n) is 19.2. The third-order valence-electron chi connectivity index (χ3n) is 6.35. The number of nitrogens with zero attached hydrogens (tertiary/aromatic N) is 3. The fourth-order valence-corrected chi connectivity index (χ4v) is 4.51. The molecular formula is C23H29N5O4S. The quantitative estimate of drug-likeness (QED) is 0.436. The predicted molar refractivity (Wildman–Crippen MR) is 126 cm³/mol. The molecule has 0 aromatic carbocycles. The van der Waals surface area contributed by atoms with Crippen molar-refractivity contribution < 1.29 is 19.8 Å². The van der Waals surface area contributed by atoms with Crippen molar-refractivity contribution in [1.29, 1.82) is 0 Å². The summed E-state index contributed by atoms with van der Waals surface area (Å²) >= 11 is 1.30. The lowest BCUT2D eigenvalue weighted by Crippen LogP contribution is -2.61. The zero-order valence-corrected chi connectivity index (χ0v) is 20.0. The van der Waals surface area contributed by atoms with Crippen molar-refractivity contribution in [2.45, 2.75) is 33.7 Å². The lowest BCUT2D eigenvalue weighted by molar-refractivity contribution is -0.0587. The van der Waals surface area contributed by atoms with Gasteiger partial charge in [0, 0.05) is 25.3 Å². The minimum Gasteiger partial charge on any atom is -0.396 e. The topological polar surface area (TPSA) is 131 Å². The number of likely N-dealkylation sites (tertiary alicyclic amines) is 1. The number of thiophene rings is 1. The molecule has 1 aliphatic rings. The van der Waals surface area contributed by atoms with Crippen LogP contribution in [0.15, 0.2) is 24.5 Å². The molecule has 2 amide bonds. The second-order valence-corrected chi connectivity index (χ2v) is 10.9. The van der Waals surface area contributed by atoms with Crippen LogP contribution in [-0.2, 0) is 0 Å². The van der Waals surface area contributed by atoms with Gasteiger partial charge in [-0.15, -0.1) is 11.3 Å². The van der Waals surface area contributed by atoms with E-state index in [1.165, 1.54) is 11.3 Å². The lowest BCUT2D eigenvalue weighted by Gasteiger charge is -2.47. The number of carbonyl (C=O) groups excluding carboxylic acids is 2. The molecule has 3 aromatic heterocycles. The predicted octanol–water partition coefficient (Wildman–Crippen LogP) is 2.28. The van der Waals surface area contributed by atoms with Crippen LogP contribution in [0.5, 0.6) is 0 Å². The number of H-pyrrole nitrogens is 1. The smallest absolute Gasteiger partial charge is 0.263 e. The van der Waals surface area contributed by atoms with E-state index >= 15 is 0 Å². The van der Waals surface area contributed by atoms with Gasteiger partial charge in [0.05, 0.1) is 45.8 Å². The fraction of sp³-hybridized carbons (Fsp3) is 0.478. The van der Waals surface area contributed by atoms with Gasteiger partial charge in [0.1, 0.15) is 5.52 Å². The van der Waals surface area contributed by atoms with Crippen molar-refractivity contribution in [1.82, 2.24) is 25.2 Å². The summed E-state index contributed by atoms with van der Waals surface area (Å²) in [5.74, 6) is -0.359. The molecule has 1 atom stereocenters. The number of carbonyl (C=O) groups is 2. The molecule has 4 N–H and O–H groups in total. The summed E-state index contributed by atoms with van der Waals surface area (Å²) in [6.45, 7) is 8.51. The highest BCUT2D eigenvalue weighted by atomic mass is 32.1. The third-order valence-corrected chi connectivity index (χ3v) is 7.45. The molecule has 1 unspecified atom stereocenters. The van der Waals surface area contributed by atoms with Crippen molar-refractivity contribution >= 4 is 34.3 Å². The Bertz CT molecular complexity index is 1180. The van der Waals surface area contributed by atoms with Gasteiger partial charge in [-0.25, -0.2) is 9.97 Å². The van der Waals surface area contributed by atoms with Crippen LogP contribution >= 0.6 is 11.3 Å². The molecule has 0 radical (unpaired) electrons. The van der Waals surface area contributed by atoms with Gasteiger partial charge >= 0.3 is 0 Å². The summed E-state index contributed by atoms with van der Waals surface area (Å²) < 4.78 is 0. The van der Waals surface area contributed by atoms with E-state index in [9.17, 15) is 19.8 Å². The summed E-state index contributed by atoms with van der Waals surface area (Å²) in [6, 6.07) is 3.52. The molecule has 176 valence electrons. The molecule has 9 nitrogen and oxygen atoms in total. The Labute approximate surface area is 195 Å². The second-order valence-electron chi connectivity index (χ2n) is 9.86. The average Bonchev–Trinajstić information content (AvgIpc) is 3.40. The molecule has 3 aromatic rings. The standard InChI is InChI=1S/C23H29N5O4S/c1-13(22(2,3)4)26-20(31)14-7-24-19-18(14)27-15(8-25-19)16-5-6-17(33-16)21(32)28-9-23(10-28,11-29)12-30/h5-8,13,29-30H,9-12H2,1-4H3,(H,24,25)(H,26,31). The first-order valence-corrected chi connectivity index (χ1v) is 11.6. The van der Waals surface area contributed by atoms with Gasteiger partial charge in [-0.3, -0.25) is 9.59 Å². The summed E-state index contributed by atoms with van der Waals surface area (Å²) in [5, 5.41) is 21.9. The summed E-state index contributed by atoms with van der Waals surface area (Å²) in [6.07, 6.45) is 3.23. The normalized spacial score (nSPS) is 16.5. The van der Waals surface area contributed by atoms with Crippen molar-refractivity contribution in [2.24, 2.45) is 10.8 Å². The Hall–Kier alpha value is -2.82. The van der Waals surface area contributed by atoms with Gasteiger partial charge in [-0.05, 0) is 24.5 Å². The maximum Gasteiger partial charge on any atom is 0.263 e. The van der Waals surface area contributed by atoms with Crippen molar-refractivity contribution in [3.05, 3.63) is 35.0 Å². The van der Waals surface area contributed by atoms with Gasteiger partial charge in [-0.1, -0.05) is 20.8 Å². The molecule has 1 fully saturated rings. The van der Waals surface area contributed by atoms with Crippen LogP contribution in [0.4, 0.5) is 0 Å². The van der Waals surface area contributed by atoms with E-state index in [-0.39, 0.29) is 36.5 Å². The Balaban J connectivity index is 1.54. The number of rotatable bonds is 6. The molecule has 4 heterocycles. The highest BCUT2D eigenvalue weighted by molar-refractivity contribution is 7.17. The summed E-state index contributed by atoms with van der Waals surface area (Å²) in [7, 11) is 0. The van der Waals surface area contributed by atoms with Crippen LogP contribution < -0.4 is 5.32 Å². The number of amides is 2. The first-order chi connectivity index (χ1) is 15.6. The first-order valence-electron chi connectivity index (χ1n) is 10.8. The van der Waals surface area contributed by atoms with Crippen LogP contribution in [0.3, 0.4) is 0 Å². The average molecular weight is 472 g/mol. The van der Waals surface area contributed by atoms with Gasteiger partial charge < -0.3 is 25.4 Å². The Morgan fingerprint density at radius 2 is 1.97 bits per heavy atom. The van der Waals surface area contributed by atoms with Crippen LogP contribution in [0.1, 0.15) is 47.7 Å². The maximum absolute atomic E-state index is 12.9. The SMILES string of the molecule is CC(NC(=O)c1c[nH]c2ncc(-c3ccc(C(=O)N4CC(CO)(CO)C4)s3)nc12)C(C)(C)C. The van der Waals surface area contributed by atoms with Crippen molar-refractivity contribution in [2.75, 3.05) is 26.3 Å². The maximum atomic E-state index is 12.9.